The summed E-state index contributed by atoms with van der Waals surface area (Å²) in [6.45, 7) is 3.77. The first-order chi connectivity index (χ1) is 8.06. The van der Waals surface area contributed by atoms with Gasteiger partial charge in [-0.05, 0) is 32.0 Å². The number of nitrogens with one attached hydrogen (secondary N) is 1. The number of rotatable bonds is 2. The first kappa shape index (κ1) is 11.7. The molecule has 0 aliphatic heterocycles. The number of anilines is 3. The Balaban J connectivity index is 2.37. The fourth-order valence-corrected chi connectivity index (χ4v) is 1.59. The highest BCUT2D eigenvalue weighted by molar-refractivity contribution is 6.33. The number of nitrogens with two attached hydrogens (primary N) is 1. The lowest BCUT2D eigenvalue weighted by molar-refractivity contribution is 1.07. The molecule has 0 fully saturated rings. The molecule has 88 valence electrons. The van der Waals surface area contributed by atoms with Gasteiger partial charge in [0, 0.05) is 11.9 Å². The van der Waals surface area contributed by atoms with Crippen LogP contribution in [0.5, 0.6) is 0 Å². The predicted octanol–water partition coefficient (Wildman–Crippen LogP) is 3.07. The molecule has 0 amide bonds. The van der Waals surface area contributed by atoms with Crippen LogP contribution < -0.4 is 11.1 Å². The standard InChI is InChI=1S/C12H13ClN4/c1-7-6-15-8(2)12(16-7)17-11-5-9(14)3-4-10(11)13/h3-6H,14H2,1-2H3,(H,16,17). The third kappa shape index (κ3) is 2.65. The Bertz CT molecular complexity index is 505. The molecule has 0 aliphatic rings. The first-order valence-electron chi connectivity index (χ1n) is 5.18. The smallest absolute Gasteiger partial charge is 0.152 e. The summed E-state index contributed by atoms with van der Waals surface area (Å²) < 4.78 is 0. The van der Waals surface area contributed by atoms with Gasteiger partial charge in [0.2, 0.25) is 0 Å². The fraction of sp³-hybridized carbons (Fsp3) is 0.167. The average molecular weight is 249 g/mol. The molecule has 4 nitrogen and oxygen atoms in total. The van der Waals surface area contributed by atoms with Crippen LogP contribution in [-0.4, -0.2) is 9.97 Å². The Morgan fingerprint density at radius 3 is 2.82 bits per heavy atom. The van der Waals surface area contributed by atoms with Gasteiger partial charge in [-0.15, -0.1) is 0 Å². The highest BCUT2D eigenvalue weighted by Crippen LogP contribution is 2.27. The van der Waals surface area contributed by atoms with Gasteiger partial charge in [0.15, 0.2) is 5.82 Å². The maximum absolute atomic E-state index is 6.07. The van der Waals surface area contributed by atoms with E-state index in [0.29, 0.717) is 16.5 Å². The molecule has 0 unspecified atom stereocenters. The summed E-state index contributed by atoms with van der Waals surface area (Å²) >= 11 is 6.07. The van der Waals surface area contributed by atoms with Crippen molar-refractivity contribution in [2.24, 2.45) is 0 Å². The monoisotopic (exact) mass is 248 g/mol. The van der Waals surface area contributed by atoms with E-state index >= 15 is 0 Å². The van der Waals surface area contributed by atoms with Crippen molar-refractivity contribution in [2.45, 2.75) is 13.8 Å². The minimum atomic E-state index is 0.599. The zero-order chi connectivity index (χ0) is 12.4. The van der Waals surface area contributed by atoms with E-state index in [2.05, 4.69) is 15.3 Å². The van der Waals surface area contributed by atoms with Crippen molar-refractivity contribution in [3.8, 4) is 0 Å². The van der Waals surface area contributed by atoms with Crippen molar-refractivity contribution in [1.29, 1.82) is 0 Å². The summed E-state index contributed by atoms with van der Waals surface area (Å²) in [6, 6.07) is 5.27. The van der Waals surface area contributed by atoms with E-state index in [1.807, 2.05) is 13.8 Å². The summed E-state index contributed by atoms with van der Waals surface area (Å²) in [7, 11) is 0. The second-order valence-corrected chi connectivity index (χ2v) is 4.22. The molecule has 0 spiro atoms. The van der Waals surface area contributed by atoms with Crippen LogP contribution >= 0.6 is 11.6 Å². The number of hydrogen-bond donors (Lipinski definition) is 2. The minimum absolute atomic E-state index is 0.599. The van der Waals surface area contributed by atoms with E-state index in [-0.39, 0.29) is 0 Å². The highest BCUT2D eigenvalue weighted by Gasteiger charge is 2.05. The van der Waals surface area contributed by atoms with E-state index < -0.39 is 0 Å². The molecule has 1 aromatic heterocycles. The lowest BCUT2D eigenvalue weighted by atomic mass is 10.2. The van der Waals surface area contributed by atoms with E-state index in [4.69, 9.17) is 17.3 Å². The van der Waals surface area contributed by atoms with Crippen LogP contribution in [0, 0.1) is 13.8 Å². The number of hydrogen-bond acceptors (Lipinski definition) is 4. The summed E-state index contributed by atoms with van der Waals surface area (Å²) in [5.74, 6) is 0.692. The Morgan fingerprint density at radius 1 is 1.29 bits per heavy atom. The second kappa shape index (κ2) is 4.59. The van der Waals surface area contributed by atoms with Crippen LogP contribution in [0.1, 0.15) is 11.4 Å². The third-order valence-electron chi connectivity index (χ3n) is 2.32. The molecule has 1 heterocycles. The molecular weight excluding hydrogens is 236 g/mol. The molecule has 5 heteroatoms. The summed E-state index contributed by atoms with van der Waals surface area (Å²) in [4.78, 5) is 8.59. The Labute approximate surface area is 105 Å². The number of nitrogens with zero attached hydrogens (tertiary/aromatic N) is 2. The molecule has 3 N–H and O–H groups in total. The van der Waals surface area contributed by atoms with Crippen molar-refractivity contribution in [3.63, 3.8) is 0 Å². The van der Waals surface area contributed by atoms with E-state index in [1.165, 1.54) is 0 Å². The van der Waals surface area contributed by atoms with Gasteiger partial charge >= 0.3 is 0 Å². The number of nitrogen functional groups attached to an aromatic ring is 1. The second-order valence-electron chi connectivity index (χ2n) is 3.81. The molecule has 2 aromatic rings. The number of aryl methyl sites for hydroxylation is 2. The maximum Gasteiger partial charge on any atom is 0.152 e. The summed E-state index contributed by atoms with van der Waals surface area (Å²) in [6.07, 6.45) is 1.72. The topological polar surface area (TPSA) is 63.8 Å². The van der Waals surface area contributed by atoms with Crippen LogP contribution in [0.25, 0.3) is 0 Å². The lowest BCUT2D eigenvalue weighted by Crippen LogP contribution is -2.01. The molecule has 0 radical (unpaired) electrons. The fourth-order valence-electron chi connectivity index (χ4n) is 1.42. The average Bonchev–Trinajstić information content (AvgIpc) is 2.28. The van der Waals surface area contributed by atoms with Crippen LogP contribution in [0.3, 0.4) is 0 Å². The molecule has 0 aliphatic carbocycles. The van der Waals surface area contributed by atoms with E-state index in [1.54, 1.807) is 24.4 Å². The van der Waals surface area contributed by atoms with Gasteiger partial charge in [0.05, 0.1) is 22.1 Å². The van der Waals surface area contributed by atoms with Crippen molar-refractivity contribution >= 4 is 28.8 Å². The minimum Gasteiger partial charge on any atom is -0.399 e. The van der Waals surface area contributed by atoms with Gasteiger partial charge in [-0.25, -0.2) is 4.98 Å². The lowest BCUT2D eigenvalue weighted by Gasteiger charge is -2.10. The van der Waals surface area contributed by atoms with Crippen molar-refractivity contribution in [1.82, 2.24) is 9.97 Å². The third-order valence-corrected chi connectivity index (χ3v) is 2.65. The Morgan fingerprint density at radius 2 is 2.06 bits per heavy atom. The highest BCUT2D eigenvalue weighted by atomic mass is 35.5. The number of benzene rings is 1. The van der Waals surface area contributed by atoms with Crippen molar-refractivity contribution in [3.05, 3.63) is 40.8 Å². The number of halogens is 1. The first-order valence-corrected chi connectivity index (χ1v) is 5.56. The maximum atomic E-state index is 6.07. The zero-order valence-electron chi connectivity index (χ0n) is 9.66. The molecule has 1 aromatic carbocycles. The molecular formula is C12H13ClN4. The van der Waals surface area contributed by atoms with Crippen molar-refractivity contribution < 1.29 is 0 Å². The largest absolute Gasteiger partial charge is 0.399 e. The van der Waals surface area contributed by atoms with Gasteiger partial charge < -0.3 is 11.1 Å². The molecule has 17 heavy (non-hydrogen) atoms. The summed E-state index contributed by atoms with van der Waals surface area (Å²) in [5.41, 5.74) is 8.75. The van der Waals surface area contributed by atoms with E-state index in [9.17, 15) is 0 Å². The Hall–Kier alpha value is -1.81. The molecule has 0 bridgehead atoms. The quantitative estimate of drug-likeness (QED) is 0.802. The predicted molar refractivity (Wildman–Crippen MR) is 70.7 cm³/mol. The van der Waals surface area contributed by atoms with Crippen molar-refractivity contribution in [2.75, 3.05) is 11.1 Å². The van der Waals surface area contributed by atoms with Gasteiger partial charge in [0.1, 0.15) is 0 Å². The zero-order valence-corrected chi connectivity index (χ0v) is 10.4. The van der Waals surface area contributed by atoms with E-state index in [0.717, 1.165) is 17.1 Å². The normalized spacial score (nSPS) is 10.3. The van der Waals surface area contributed by atoms with Crippen LogP contribution in [0.15, 0.2) is 24.4 Å². The van der Waals surface area contributed by atoms with Gasteiger partial charge in [-0.1, -0.05) is 11.6 Å². The van der Waals surface area contributed by atoms with Gasteiger partial charge in [0.25, 0.3) is 0 Å². The van der Waals surface area contributed by atoms with Gasteiger partial charge in [-0.2, -0.15) is 0 Å². The number of aromatic nitrogens is 2. The SMILES string of the molecule is Cc1cnc(C)c(Nc2cc(N)ccc2Cl)n1. The van der Waals surface area contributed by atoms with Crippen LogP contribution in [0.4, 0.5) is 17.2 Å². The molecule has 0 atom stereocenters. The summed E-state index contributed by atoms with van der Waals surface area (Å²) in [5, 5.41) is 3.74. The molecule has 0 saturated heterocycles. The Kier molecular flexibility index (Phi) is 3.15. The van der Waals surface area contributed by atoms with Crippen LogP contribution in [-0.2, 0) is 0 Å². The molecule has 0 saturated carbocycles. The van der Waals surface area contributed by atoms with Crippen LogP contribution in [0.2, 0.25) is 5.02 Å². The van der Waals surface area contributed by atoms with Gasteiger partial charge in [-0.3, -0.25) is 4.98 Å². The molecule has 2 rings (SSSR count).